The molecule has 0 spiro atoms. The molecule has 0 amide bonds. The molecular formula is C10H12FNO3S. The number of anilines is 1. The number of rotatable bonds is 3. The summed E-state index contributed by atoms with van der Waals surface area (Å²) in [7, 11) is -3.53. The third-order valence-corrected chi connectivity index (χ3v) is 4.08. The van der Waals surface area contributed by atoms with Gasteiger partial charge in [0.15, 0.2) is 0 Å². The van der Waals surface area contributed by atoms with Crippen molar-refractivity contribution in [3.8, 4) is 0 Å². The zero-order valence-corrected chi connectivity index (χ0v) is 9.55. The van der Waals surface area contributed by atoms with E-state index in [1.807, 2.05) is 0 Å². The molecule has 16 heavy (non-hydrogen) atoms. The summed E-state index contributed by atoms with van der Waals surface area (Å²) < 4.78 is 43.8. The van der Waals surface area contributed by atoms with Gasteiger partial charge in [-0.2, -0.15) is 0 Å². The second kappa shape index (κ2) is 4.03. The first-order valence-electron chi connectivity index (χ1n) is 4.84. The Bertz CT molecular complexity index is 497. The molecule has 1 fully saturated rings. The average molecular weight is 245 g/mol. The highest BCUT2D eigenvalue weighted by atomic mass is 32.2. The largest absolute Gasteiger partial charge is 0.378 e. The van der Waals surface area contributed by atoms with Gasteiger partial charge in [-0.25, -0.2) is 12.8 Å². The maximum Gasteiger partial charge on any atom is 0.240 e. The van der Waals surface area contributed by atoms with Crippen molar-refractivity contribution in [2.75, 3.05) is 17.9 Å². The lowest BCUT2D eigenvalue weighted by atomic mass is 10.2. The first-order chi connectivity index (χ1) is 7.49. The van der Waals surface area contributed by atoms with E-state index in [0.29, 0.717) is 0 Å². The van der Waals surface area contributed by atoms with Crippen LogP contribution in [-0.2, 0) is 14.8 Å². The predicted molar refractivity (Wildman–Crippen MR) is 58.3 cm³/mol. The highest BCUT2D eigenvalue weighted by molar-refractivity contribution is 7.93. The SMILES string of the molecule is Cc1ccc(NS(=O)(=O)C2COC2)c(F)c1. The van der Waals surface area contributed by atoms with Crippen LogP contribution in [0.5, 0.6) is 0 Å². The van der Waals surface area contributed by atoms with Gasteiger partial charge in [-0.3, -0.25) is 4.72 Å². The van der Waals surface area contributed by atoms with Crippen LogP contribution >= 0.6 is 0 Å². The fraction of sp³-hybridized carbons (Fsp3) is 0.400. The average Bonchev–Trinajstić information content (AvgIpc) is 2.05. The van der Waals surface area contributed by atoms with Crippen molar-refractivity contribution in [3.05, 3.63) is 29.6 Å². The normalized spacial score (nSPS) is 16.9. The second-order valence-corrected chi connectivity index (χ2v) is 5.75. The Morgan fingerprint density at radius 3 is 2.62 bits per heavy atom. The van der Waals surface area contributed by atoms with Gasteiger partial charge in [0.1, 0.15) is 11.1 Å². The Balaban J connectivity index is 2.20. The van der Waals surface area contributed by atoms with Gasteiger partial charge in [0.2, 0.25) is 10.0 Å². The monoisotopic (exact) mass is 245 g/mol. The Morgan fingerprint density at radius 1 is 1.44 bits per heavy atom. The molecule has 1 heterocycles. The summed E-state index contributed by atoms with van der Waals surface area (Å²) in [5.74, 6) is -0.566. The van der Waals surface area contributed by atoms with Crippen LogP contribution in [0, 0.1) is 12.7 Å². The molecule has 1 aliphatic heterocycles. The molecule has 88 valence electrons. The summed E-state index contributed by atoms with van der Waals surface area (Å²) in [5, 5.41) is -0.576. The van der Waals surface area contributed by atoms with Crippen molar-refractivity contribution in [2.24, 2.45) is 0 Å². The molecule has 1 aromatic carbocycles. The maximum atomic E-state index is 13.4. The third-order valence-electron chi connectivity index (χ3n) is 2.42. The third kappa shape index (κ3) is 2.17. The van der Waals surface area contributed by atoms with E-state index in [-0.39, 0.29) is 18.9 Å². The molecule has 0 saturated carbocycles. The van der Waals surface area contributed by atoms with Crippen LogP contribution in [0.15, 0.2) is 18.2 Å². The highest BCUT2D eigenvalue weighted by Gasteiger charge is 2.32. The first-order valence-corrected chi connectivity index (χ1v) is 6.39. The molecule has 2 rings (SSSR count). The number of hydrogen-bond donors (Lipinski definition) is 1. The van der Waals surface area contributed by atoms with E-state index in [1.54, 1.807) is 13.0 Å². The lowest BCUT2D eigenvalue weighted by Crippen LogP contribution is -2.43. The zero-order valence-electron chi connectivity index (χ0n) is 8.73. The van der Waals surface area contributed by atoms with E-state index >= 15 is 0 Å². The summed E-state index contributed by atoms with van der Waals surface area (Å²) in [6.45, 7) is 2.08. The van der Waals surface area contributed by atoms with E-state index in [9.17, 15) is 12.8 Å². The number of benzene rings is 1. The van der Waals surface area contributed by atoms with Crippen LogP contribution in [0.4, 0.5) is 10.1 Å². The van der Waals surface area contributed by atoms with E-state index < -0.39 is 21.1 Å². The number of nitrogens with one attached hydrogen (secondary N) is 1. The van der Waals surface area contributed by atoms with Gasteiger partial charge in [-0.1, -0.05) is 6.07 Å². The molecule has 6 heteroatoms. The number of halogens is 1. The van der Waals surface area contributed by atoms with Crippen molar-refractivity contribution in [1.82, 2.24) is 0 Å². The number of sulfonamides is 1. The van der Waals surface area contributed by atoms with Crippen molar-refractivity contribution in [1.29, 1.82) is 0 Å². The van der Waals surface area contributed by atoms with Crippen LogP contribution in [0.25, 0.3) is 0 Å². The van der Waals surface area contributed by atoms with Crippen molar-refractivity contribution in [3.63, 3.8) is 0 Å². The fourth-order valence-corrected chi connectivity index (χ4v) is 2.52. The van der Waals surface area contributed by atoms with E-state index in [4.69, 9.17) is 4.74 Å². The maximum absolute atomic E-state index is 13.4. The predicted octanol–water partition coefficient (Wildman–Crippen LogP) is 1.27. The van der Waals surface area contributed by atoms with E-state index in [0.717, 1.165) is 5.56 Å². The summed E-state index contributed by atoms with van der Waals surface area (Å²) >= 11 is 0. The van der Waals surface area contributed by atoms with Crippen molar-refractivity contribution in [2.45, 2.75) is 12.2 Å². The molecule has 0 bridgehead atoms. The molecule has 1 aromatic rings. The fourth-order valence-electron chi connectivity index (χ4n) is 1.33. The first kappa shape index (κ1) is 11.3. The summed E-state index contributed by atoms with van der Waals surface area (Å²) in [5.41, 5.74) is 0.727. The summed E-state index contributed by atoms with van der Waals surface area (Å²) in [4.78, 5) is 0. The molecule has 1 saturated heterocycles. The van der Waals surface area contributed by atoms with Gasteiger partial charge in [-0.15, -0.1) is 0 Å². The molecule has 1 N–H and O–H groups in total. The quantitative estimate of drug-likeness (QED) is 0.872. The molecule has 0 unspecified atom stereocenters. The molecular weight excluding hydrogens is 233 g/mol. The second-order valence-electron chi connectivity index (χ2n) is 3.79. The van der Waals surface area contributed by atoms with Crippen LogP contribution in [0.2, 0.25) is 0 Å². The van der Waals surface area contributed by atoms with Crippen molar-refractivity contribution >= 4 is 15.7 Å². The van der Waals surface area contributed by atoms with Gasteiger partial charge < -0.3 is 4.74 Å². The molecule has 1 aliphatic rings. The van der Waals surface area contributed by atoms with Crippen LogP contribution in [-0.4, -0.2) is 26.9 Å². The molecule has 0 aliphatic carbocycles. The van der Waals surface area contributed by atoms with Gasteiger partial charge in [0, 0.05) is 0 Å². The topological polar surface area (TPSA) is 55.4 Å². The zero-order chi connectivity index (χ0) is 11.8. The van der Waals surface area contributed by atoms with Gasteiger partial charge in [0.25, 0.3) is 0 Å². The standard InChI is InChI=1S/C10H12FNO3S/c1-7-2-3-10(9(11)4-7)12-16(13,14)8-5-15-6-8/h2-4,8,12H,5-6H2,1H3. The molecule has 0 aromatic heterocycles. The lowest BCUT2D eigenvalue weighted by molar-refractivity contribution is 0.0418. The van der Waals surface area contributed by atoms with Crippen LogP contribution in [0.1, 0.15) is 5.56 Å². The minimum Gasteiger partial charge on any atom is -0.378 e. The van der Waals surface area contributed by atoms with Crippen molar-refractivity contribution < 1.29 is 17.5 Å². The van der Waals surface area contributed by atoms with Crippen LogP contribution in [0.3, 0.4) is 0 Å². The smallest absolute Gasteiger partial charge is 0.240 e. The molecule has 4 nitrogen and oxygen atoms in total. The van der Waals surface area contributed by atoms with Gasteiger partial charge in [0.05, 0.1) is 18.9 Å². The minimum absolute atomic E-state index is 0.0162. The van der Waals surface area contributed by atoms with Gasteiger partial charge >= 0.3 is 0 Å². The number of aryl methyl sites for hydroxylation is 1. The Labute approximate surface area is 93.5 Å². The van der Waals surface area contributed by atoms with E-state index in [2.05, 4.69) is 4.72 Å². The van der Waals surface area contributed by atoms with Gasteiger partial charge in [-0.05, 0) is 24.6 Å². The Morgan fingerprint density at radius 2 is 2.12 bits per heavy atom. The Kier molecular flexibility index (Phi) is 2.86. The van der Waals surface area contributed by atoms with E-state index in [1.165, 1.54) is 12.1 Å². The lowest BCUT2D eigenvalue weighted by Gasteiger charge is -2.26. The minimum atomic E-state index is -3.53. The number of hydrogen-bond acceptors (Lipinski definition) is 3. The summed E-state index contributed by atoms with van der Waals surface area (Å²) in [6.07, 6.45) is 0. The molecule has 0 atom stereocenters. The number of ether oxygens (including phenoxy) is 1. The molecule has 0 radical (unpaired) electrons. The summed E-state index contributed by atoms with van der Waals surface area (Å²) in [6, 6.07) is 4.36. The van der Waals surface area contributed by atoms with Crippen LogP contribution < -0.4 is 4.72 Å². The Hall–Kier alpha value is -1.14. The highest BCUT2D eigenvalue weighted by Crippen LogP contribution is 2.20.